The second kappa shape index (κ2) is 11.4. The number of methoxy groups -OCH3 is 1. The van der Waals surface area contributed by atoms with E-state index < -0.39 is 17.9 Å². The minimum absolute atomic E-state index is 0.00276. The maximum Gasteiger partial charge on any atom is 0.317 e. The first-order valence-corrected chi connectivity index (χ1v) is 11.0. The second-order valence-electron chi connectivity index (χ2n) is 8.06. The predicted octanol–water partition coefficient (Wildman–Crippen LogP) is 2.89. The van der Waals surface area contributed by atoms with Gasteiger partial charge in [0.15, 0.2) is 0 Å². The summed E-state index contributed by atoms with van der Waals surface area (Å²) in [5, 5.41) is 5.68. The minimum Gasteiger partial charge on any atom is -0.383 e. The number of amides is 3. The quantitative estimate of drug-likeness (QED) is 0.491. The number of carbonyl (C=O) groups excluding carboxylic acids is 3. The fourth-order valence-corrected chi connectivity index (χ4v) is 3.94. The van der Waals surface area contributed by atoms with Crippen LogP contribution in [-0.2, 0) is 19.1 Å². The average molecular weight is 438 g/mol. The molecule has 0 aliphatic heterocycles. The zero-order valence-electron chi connectivity index (χ0n) is 18.7. The van der Waals surface area contributed by atoms with E-state index in [2.05, 4.69) is 10.6 Å². The van der Waals surface area contributed by atoms with E-state index in [0.717, 1.165) is 31.2 Å². The van der Waals surface area contributed by atoms with Gasteiger partial charge < -0.3 is 15.4 Å². The van der Waals surface area contributed by atoms with Crippen LogP contribution in [0.5, 0.6) is 0 Å². The van der Waals surface area contributed by atoms with Crippen LogP contribution in [-0.4, -0.2) is 44.0 Å². The number of ether oxygens (including phenoxy) is 1. The lowest BCUT2D eigenvalue weighted by Crippen LogP contribution is -2.51. The van der Waals surface area contributed by atoms with E-state index in [1.807, 2.05) is 25.1 Å². The summed E-state index contributed by atoms with van der Waals surface area (Å²) in [5.41, 5.74) is 2.11. The number of hydrogen-bond donors (Lipinski definition) is 2. The van der Waals surface area contributed by atoms with Gasteiger partial charge in [-0.2, -0.15) is 0 Å². The molecule has 0 aromatic heterocycles. The smallest absolute Gasteiger partial charge is 0.317 e. The van der Waals surface area contributed by atoms with E-state index in [4.69, 9.17) is 4.74 Å². The number of benzene rings is 2. The van der Waals surface area contributed by atoms with Crippen LogP contribution in [0.15, 0.2) is 54.6 Å². The predicted molar refractivity (Wildman–Crippen MR) is 123 cm³/mol. The molecule has 3 rings (SSSR count). The lowest BCUT2D eigenvalue weighted by Gasteiger charge is -2.31. The largest absolute Gasteiger partial charge is 0.383 e. The van der Waals surface area contributed by atoms with Gasteiger partial charge >= 0.3 is 11.8 Å². The summed E-state index contributed by atoms with van der Waals surface area (Å²) in [4.78, 5) is 41.0. The fraction of sp³-hybridized carbons (Fsp3) is 0.400. The number of nitrogens with one attached hydrogen (secondary N) is 2. The van der Waals surface area contributed by atoms with Gasteiger partial charge in [0, 0.05) is 25.4 Å². The topological polar surface area (TPSA) is 87.7 Å². The third-order valence-electron chi connectivity index (χ3n) is 5.64. The van der Waals surface area contributed by atoms with Crippen LogP contribution < -0.4 is 15.5 Å². The zero-order chi connectivity index (χ0) is 22.9. The molecule has 0 unspecified atom stereocenters. The number of aryl methyl sites for hydroxylation is 1. The third kappa shape index (κ3) is 5.95. The van der Waals surface area contributed by atoms with E-state index in [1.165, 1.54) is 4.90 Å². The molecule has 1 fully saturated rings. The lowest BCUT2D eigenvalue weighted by atomic mass is 10.0. The molecule has 1 atom stereocenters. The molecule has 1 aliphatic carbocycles. The van der Waals surface area contributed by atoms with Gasteiger partial charge in [-0.1, -0.05) is 60.9 Å². The monoisotopic (exact) mass is 437 g/mol. The van der Waals surface area contributed by atoms with E-state index in [-0.39, 0.29) is 11.9 Å². The highest BCUT2D eigenvalue weighted by Crippen LogP contribution is 2.29. The minimum atomic E-state index is -1.00. The molecular formula is C25H31N3O4. The Kier molecular flexibility index (Phi) is 8.39. The normalized spacial score (nSPS) is 14.6. The van der Waals surface area contributed by atoms with Crippen LogP contribution in [0.2, 0.25) is 0 Å². The summed E-state index contributed by atoms with van der Waals surface area (Å²) >= 11 is 0. The van der Waals surface area contributed by atoms with Crippen molar-refractivity contribution in [3.8, 4) is 0 Å². The molecule has 3 amide bonds. The molecule has 7 nitrogen and oxygen atoms in total. The fourth-order valence-electron chi connectivity index (χ4n) is 3.94. The Morgan fingerprint density at radius 1 is 1.03 bits per heavy atom. The van der Waals surface area contributed by atoms with E-state index >= 15 is 0 Å². The van der Waals surface area contributed by atoms with E-state index in [9.17, 15) is 14.4 Å². The SMILES string of the molecule is COCCNC(=O)[C@@H](c1ccccc1)N(C(=O)C(=O)NC1CCCC1)c1ccc(C)cc1. The van der Waals surface area contributed by atoms with Gasteiger partial charge in [-0.05, 0) is 37.5 Å². The highest BCUT2D eigenvalue weighted by Gasteiger charge is 2.36. The standard InChI is InChI=1S/C25H31N3O4/c1-18-12-14-21(15-13-18)28(25(31)24(30)27-20-10-6-7-11-20)22(19-8-4-3-5-9-19)23(29)26-16-17-32-2/h3-5,8-9,12-15,20,22H,6-7,10-11,16-17H2,1-2H3,(H,26,29)(H,27,30)/t22-/m1/s1. The van der Waals surface area contributed by atoms with Gasteiger partial charge in [0.25, 0.3) is 0 Å². The first-order chi connectivity index (χ1) is 15.5. The highest BCUT2D eigenvalue weighted by molar-refractivity contribution is 6.41. The summed E-state index contributed by atoms with van der Waals surface area (Å²) in [6.07, 6.45) is 3.80. The van der Waals surface area contributed by atoms with Crippen molar-refractivity contribution < 1.29 is 19.1 Å². The molecule has 1 aliphatic rings. The zero-order valence-corrected chi connectivity index (χ0v) is 18.7. The first kappa shape index (κ1) is 23.5. The Bertz CT molecular complexity index is 909. The Labute approximate surface area is 189 Å². The molecule has 2 aromatic rings. The van der Waals surface area contributed by atoms with Gasteiger partial charge in [0.1, 0.15) is 6.04 Å². The molecule has 2 aromatic carbocycles. The van der Waals surface area contributed by atoms with Crippen molar-refractivity contribution in [2.45, 2.75) is 44.7 Å². The van der Waals surface area contributed by atoms with Gasteiger partial charge in [-0.25, -0.2) is 0 Å². The number of rotatable bonds is 8. The molecule has 170 valence electrons. The molecule has 0 spiro atoms. The van der Waals surface area contributed by atoms with Crippen molar-refractivity contribution in [1.82, 2.24) is 10.6 Å². The Morgan fingerprint density at radius 3 is 2.31 bits per heavy atom. The van der Waals surface area contributed by atoms with Crippen molar-refractivity contribution in [3.05, 3.63) is 65.7 Å². The van der Waals surface area contributed by atoms with Crippen LogP contribution in [0.4, 0.5) is 5.69 Å². The van der Waals surface area contributed by atoms with Crippen molar-refractivity contribution in [2.75, 3.05) is 25.2 Å². The van der Waals surface area contributed by atoms with E-state index in [0.29, 0.717) is 24.4 Å². The lowest BCUT2D eigenvalue weighted by molar-refractivity contribution is -0.139. The number of hydrogen-bond acceptors (Lipinski definition) is 4. The van der Waals surface area contributed by atoms with Gasteiger partial charge in [0.2, 0.25) is 5.91 Å². The van der Waals surface area contributed by atoms with Crippen LogP contribution in [0.1, 0.15) is 42.9 Å². The Morgan fingerprint density at radius 2 is 1.69 bits per heavy atom. The summed E-state index contributed by atoms with van der Waals surface area (Å²) in [6, 6.07) is 15.2. The first-order valence-electron chi connectivity index (χ1n) is 11.0. The maximum absolute atomic E-state index is 13.5. The molecule has 0 radical (unpaired) electrons. The summed E-state index contributed by atoms with van der Waals surface area (Å²) in [6.45, 7) is 2.58. The van der Waals surface area contributed by atoms with Gasteiger partial charge in [-0.3, -0.25) is 19.3 Å². The van der Waals surface area contributed by atoms with Crippen LogP contribution >= 0.6 is 0 Å². The number of nitrogens with zero attached hydrogens (tertiary/aromatic N) is 1. The van der Waals surface area contributed by atoms with Crippen LogP contribution in [0, 0.1) is 6.92 Å². The molecular weight excluding hydrogens is 406 g/mol. The summed E-state index contributed by atoms with van der Waals surface area (Å²) in [5.74, 6) is -1.82. The molecule has 7 heteroatoms. The molecule has 32 heavy (non-hydrogen) atoms. The van der Waals surface area contributed by atoms with Crippen molar-refractivity contribution in [2.24, 2.45) is 0 Å². The number of anilines is 1. The average Bonchev–Trinajstić information content (AvgIpc) is 3.31. The molecule has 0 heterocycles. The van der Waals surface area contributed by atoms with Gasteiger partial charge in [-0.15, -0.1) is 0 Å². The van der Waals surface area contributed by atoms with Crippen molar-refractivity contribution in [3.63, 3.8) is 0 Å². The molecule has 0 bridgehead atoms. The molecule has 0 saturated heterocycles. The van der Waals surface area contributed by atoms with Crippen molar-refractivity contribution >= 4 is 23.4 Å². The van der Waals surface area contributed by atoms with Crippen LogP contribution in [0.3, 0.4) is 0 Å². The van der Waals surface area contributed by atoms with Crippen LogP contribution in [0.25, 0.3) is 0 Å². The Hall–Kier alpha value is -3.19. The maximum atomic E-state index is 13.5. The highest BCUT2D eigenvalue weighted by atomic mass is 16.5. The molecule has 2 N–H and O–H groups in total. The van der Waals surface area contributed by atoms with E-state index in [1.54, 1.807) is 43.5 Å². The summed E-state index contributed by atoms with van der Waals surface area (Å²) < 4.78 is 5.04. The molecule has 1 saturated carbocycles. The van der Waals surface area contributed by atoms with Crippen molar-refractivity contribution in [1.29, 1.82) is 0 Å². The second-order valence-corrected chi connectivity index (χ2v) is 8.06. The Balaban J connectivity index is 1.98. The number of carbonyl (C=O) groups is 3. The summed E-state index contributed by atoms with van der Waals surface area (Å²) in [7, 11) is 1.55. The van der Waals surface area contributed by atoms with Gasteiger partial charge in [0.05, 0.1) is 6.61 Å². The third-order valence-corrected chi connectivity index (χ3v) is 5.64.